The monoisotopic (exact) mass is 213 g/mol. The van der Waals surface area contributed by atoms with Gasteiger partial charge in [0.05, 0.1) is 11.6 Å². The van der Waals surface area contributed by atoms with Crippen LogP contribution in [0.3, 0.4) is 0 Å². The van der Waals surface area contributed by atoms with Crippen LogP contribution in [0.1, 0.15) is 18.2 Å². The molecule has 0 fully saturated rings. The average molecular weight is 213 g/mol. The molecule has 1 aromatic carbocycles. The third-order valence-corrected chi connectivity index (χ3v) is 2.42. The molecule has 2 rings (SSSR count). The fraction of sp³-hybridized carbons (Fsp3) is 0.214. The van der Waals surface area contributed by atoms with Gasteiger partial charge in [-0.05, 0) is 37.6 Å². The van der Waals surface area contributed by atoms with Crippen molar-refractivity contribution in [2.75, 3.05) is 0 Å². The summed E-state index contributed by atoms with van der Waals surface area (Å²) in [6.07, 6.45) is 3.28. The summed E-state index contributed by atoms with van der Waals surface area (Å²) in [5.41, 5.74) is 3.12. The first kappa shape index (κ1) is 10.8. The molecule has 1 heterocycles. The zero-order valence-corrected chi connectivity index (χ0v) is 9.51. The molecule has 1 atom stereocenters. The van der Waals surface area contributed by atoms with Crippen molar-refractivity contribution in [2.24, 2.45) is 0 Å². The molecule has 0 aliphatic rings. The van der Waals surface area contributed by atoms with Gasteiger partial charge in [0.25, 0.3) is 0 Å². The van der Waals surface area contributed by atoms with E-state index < -0.39 is 6.10 Å². The standard InChI is InChI=1S/C14H15NO/c1-10-3-7-13-9-12(5-4-11(2)16)6-8-14(13)15-10/h3-9,11,16H,1-2H3/b5-4+. The van der Waals surface area contributed by atoms with Crippen LogP contribution >= 0.6 is 0 Å². The van der Waals surface area contributed by atoms with Crippen LogP contribution in [-0.2, 0) is 0 Å². The minimum atomic E-state index is -0.410. The van der Waals surface area contributed by atoms with E-state index >= 15 is 0 Å². The van der Waals surface area contributed by atoms with Crippen molar-refractivity contribution in [2.45, 2.75) is 20.0 Å². The largest absolute Gasteiger partial charge is 0.389 e. The van der Waals surface area contributed by atoms with Gasteiger partial charge in [-0.1, -0.05) is 24.3 Å². The van der Waals surface area contributed by atoms with E-state index in [2.05, 4.69) is 17.1 Å². The molecule has 1 unspecified atom stereocenters. The Morgan fingerprint density at radius 2 is 2.06 bits per heavy atom. The molecule has 2 nitrogen and oxygen atoms in total. The number of aliphatic hydroxyl groups excluding tert-OH is 1. The van der Waals surface area contributed by atoms with Crippen molar-refractivity contribution in [3.8, 4) is 0 Å². The average Bonchev–Trinajstić information content (AvgIpc) is 2.26. The van der Waals surface area contributed by atoms with Crippen LogP contribution in [0.5, 0.6) is 0 Å². The highest BCUT2D eigenvalue weighted by Gasteiger charge is 1.96. The maximum Gasteiger partial charge on any atom is 0.0705 e. The van der Waals surface area contributed by atoms with E-state index in [0.717, 1.165) is 22.2 Å². The molecule has 0 aliphatic heterocycles. The second-order valence-electron chi connectivity index (χ2n) is 4.00. The molecule has 0 saturated carbocycles. The zero-order valence-electron chi connectivity index (χ0n) is 9.51. The smallest absolute Gasteiger partial charge is 0.0705 e. The van der Waals surface area contributed by atoms with E-state index in [4.69, 9.17) is 5.11 Å². The van der Waals surface area contributed by atoms with Gasteiger partial charge in [-0.3, -0.25) is 4.98 Å². The third kappa shape index (κ3) is 2.47. The van der Waals surface area contributed by atoms with E-state index in [0.29, 0.717) is 0 Å². The maximum atomic E-state index is 9.16. The van der Waals surface area contributed by atoms with Crippen LogP contribution in [0.15, 0.2) is 36.4 Å². The lowest BCUT2D eigenvalue weighted by Crippen LogP contribution is -1.91. The number of benzene rings is 1. The minimum absolute atomic E-state index is 0.410. The summed E-state index contributed by atoms with van der Waals surface area (Å²) in [5.74, 6) is 0. The van der Waals surface area contributed by atoms with Gasteiger partial charge in [-0.2, -0.15) is 0 Å². The molecule has 0 spiro atoms. The molecular formula is C14H15NO. The van der Waals surface area contributed by atoms with Crippen molar-refractivity contribution in [1.82, 2.24) is 4.98 Å². The highest BCUT2D eigenvalue weighted by Crippen LogP contribution is 2.15. The molecule has 0 amide bonds. The molecule has 2 heteroatoms. The Kier molecular flexibility index (Phi) is 3.02. The lowest BCUT2D eigenvalue weighted by atomic mass is 10.1. The van der Waals surface area contributed by atoms with E-state index in [1.807, 2.05) is 31.2 Å². The Bertz CT molecular complexity index is 529. The molecule has 0 radical (unpaired) electrons. The summed E-state index contributed by atoms with van der Waals surface area (Å²) < 4.78 is 0. The number of aryl methyl sites for hydroxylation is 1. The van der Waals surface area contributed by atoms with Crippen LogP contribution in [0.2, 0.25) is 0 Å². The fourth-order valence-electron chi connectivity index (χ4n) is 1.60. The predicted molar refractivity (Wildman–Crippen MR) is 67.2 cm³/mol. The van der Waals surface area contributed by atoms with Crippen LogP contribution in [0, 0.1) is 6.92 Å². The van der Waals surface area contributed by atoms with E-state index in [9.17, 15) is 0 Å². The van der Waals surface area contributed by atoms with E-state index in [1.165, 1.54) is 0 Å². The Hall–Kier alpha value is -1.67. The number of hydrogen-bond donors (Lipinski definition) is 1. The van der Waals surface area contributed by atoms with Crippen LogP contribution in [-0.4, -0.2) is 16.2 Å². The van der Waals surface area contributed by atoms with Crippen molar-refractivity contribution in [3.05, 3.63) is 47.7 Å². The van der Waals surface area contributed by atoms with Gasteiger partial charge in [0.2, 0.25) is 0 Å². The number of aromatic nitrogens is 1. The van der Waals surface area contributed by atoms with Crippen LogP contribution < -0.4 is 0 Å². The van der Waals surface area contributed by atoms with Gasteiger partial charge >= 0.3 is 0 Å². The van der Waals surface area contributed by atoms with E-state index in [1.54, 1.807) is 13.0 Å². The second kappa shape index (κ2) is 4.45. The Balaban J connectivity index is 2.41. The molecule has 1 aromatic heterocycles. The first-order valence-corrected chi connectivity index (χ1v) is 5.39. The second-order valence-corrected chi connectivity index (χ2v) is 4.00. The predicted octanol–water partition coefficient (Wildman–Crippen LogP) is 2.94. The molecule has 0 bridgehead atoms. The summed E-state index contributed by atoms with van der Waals surface area (Å²) in [4.78, 5) is 4.44. The summed E-state index contributed by atoms with van der Waals surface area (Å²) >= 11 is 0. The number of fused-ring (bicyclic) bond motifs is 1. The van der Waals surface area contributed by atoms with Gasteiger partial charge in [0, 0.05) is 11.1 Å². The summed E-state index contributed by atoms with van der Waals surface area (Å²) in [6, 6.07) is 10.2. The van der Waals surface area contributed by atoms with Gasteiger partial charge in [-0.15, -0.1) is 0 Å². The third-order valence-electron chi connectivity index (χ3n) is 2.42. The van der Waals surface area contributed by atoms with Crippen molar-refractivity contribution >= 4 is 17.0 Å². The highest BCUT2D eigenvalue weighted by molar-refractivity contribution is 5.81. The molecule has 1 N–H and O–H groups in total. The number of pyridine rings is 1. The SMILES string of the molecule is Cc1ccc2cc(/C=C/C(C)O)ccc2n1. The topological polar surface area (TPSA) is 33.1 Å². The van der Waals surface area contributed by atoms with Crippen LogP contribution in [0.25, 0.3) is 17.0 Å². The highest BCUT2D eigenvalue weighted by atomic mass is 16.3. The van der Waals surface area contributed by atoms with Crippen molar-refractivity contribution < 1.29 is 5.11 Å². The summed E-state index contributed by atoms with van der Waals surface area (Å²) in [7, 11) is 0. The summed E-state index contributed by atoms with van der Waals surface area (Å²) in [5, 5.41) is 10.3. The van der Waals surface area contributed by atoms with Gasteiger partial charge in [0.1, 0.15) is 0 Å². The number of hydrogen-bond acceptors (Lipinski definition) is 2. The van der Waals surface area contributed by atoms with Gasteiger partial charge < -0.3 is 5.11 Å². The van der Waals surface area contributed by atoms with E-state index in [-0.39, 0.29) is 0 Å². The van der Waals surface area contributed by atoms with Crippen molar-refractivity contribution in [3.63, 3.8) is 0 Å². The van der Waals surface area contributed by atoms with Crippen molar-refractivity contribution in [1.29, 1.82) is 0 Å². The Morgan fingerprint density at radius 3 is 2.81 bits per heavy atom. The molecular weight excluding hydrogens is 198 g/mol. The number of nitrogens with zero attached hydrogens (tertiary/aromatic N) is 1. The Morgan fingerprint density at radius 1 is 1.25 bits per heavy atom. The molecule has 0 aliphatic carbocycles. The fourth-order valence-corrected chi connectivity index (χ4v) is 1.60. The summed E-state index contributed by atoms with van der Waals surface area (Å²) in [6.45, 7) is 3.73. The first-order chi connectivity index (χ1) is 7.65. The normalized spacial score (nSPS) is 13.4. The molecule has 82 valence electrons. The minimum Gasteiger partial charge on any atom is -0.389 e. The molecule has 2 aromatic rings. The quantitative estimate of drug-likeness (QED) is 0.832. The zero-order chi connectivity index (χ0) is 11.5. The lowest BCUT2D eigenvalue weighted by molar-refractivity contribution is 0.245. The molecule has 0 saturated heterocycles. The Labute approximate surface area is 95.3 Å². The van der Waals surface area contributed by atoms with Gasteiger partial charge in [0.15, 0.2) is 0 Å². The van der Waals surface area contributed by atoms with Crippen LogP contribution in [0.4, 0.5) is 0 Å². The van der Waals surface area contributed by atoms with Gasteiger partial charge in [-0.25, -0.2) is 0 Å². The number of aliphatic hydroxyl groups is 1. The lowest BCUT2D eigenvalue weighted by Gasteiger charge is -2.01. The first-order valence-electron chi connectivity index (χ1n) is 5.39. The molecule has 16 heavy (non-hydrogen) atoms. The maximum absolute atomic E-state index is 9.16. The number of rotatable bonds is 2.